The van der Waals surface area contributed by atoms with Gasteiger partial charge in [-0.2, -0.15) is 0 Å². The summed E-state index contributed by atoms with van der Waals surface area (Å²) in [5.74, 6) is -0.333. The molecule has 0 aliphatic heterocycles. The second-order valence-electron chi connectivity index (χ2n) is 6.16. The molecule has 3 aromatic rings. The molecule has 0 saturated heterocycles. The third kappa shape index (κ3) is 4.83. The Morgan fingerprint density at radius 2 is 1.63 bits per heavy atom. The van der Waals surface area contributed by atoms with Gasteiger partial charge in [-0.25, -0.2) is 0 Å². The van der Waals surface area contributed by atoms with Crippen LogP contribution in [0.5, 0.6) is 0 Å². The van der Waals surface area contributed by atoms with E-state index < -0.39 is 0 Å². The zero-order valence-electron chi connectivity index (χ0n) is 14.9. The van der Waals surface area contributed by atoms with E-state index in [2.05, 4.69) is 21.2 Å². The van der Waals surface area contributed by atoms with Crippen LogP contribution >= 0.6 is 15.9 Å². The number of anilines is 1. The van der Waals surface area contributed by atoms with Gasteiger partial charge in [-0.1, -0.05) is 48.5 Å². The number of rotatable bonds is 5. The monoisotopic (exact) mass is 422 g/mol. The molecule has 2 amide bonds. The Morgan fingerprint density at radius 3 is 2.37 bits per heavy atom. The maximum atomic E-state index is 12.7. The quantitative estimate of drug-likeness (QED) is 0.630. The number of nitrogens with one attached hydrogen (secondary N) is 1. The van der Waals surface area contributed by atoms with Crippen LogP contribution in [-0.2, 0) is 6.54 Å². The maximum Gasteiger partial charge on any atom is 0.256 e. The van der Waals surface area contributed by atoms with Gasteiger partial charge in [0, 0.05) is 29.3 Å². The summed E-state index contributed by atoms with van der Waals surface area (Å²) < 4.78 is 0.720. The van der Waals surface area contributed by atoms with Crippen LogP contribution in [-0.4, -0.2) is 23.8 Å². The minimum atomic E-state index is -0.232. The van der Waals surface area contributed by atoms with Crippen LogP contribution in [0.3, 0.4) is 0 Å². The minimum Gasteiger partial charge on any atom is -0.337 e. The predicted octanol–water partition coefficient (Wildman–Crippen LogP) is 4.97. The maximum absolute atomic E-state index is 12.7. The highest BCUT2D eigenvalue weighted by atomic mass is 79.9. The van der Waals surface area contributed by atoms with E-state index in [1.807, 2.05) is 42.5 Å². The third-order valence-electron chi connectivity index (χ3n) is 4.10. The van der Waals surface area contributed by atoms with Crippen molar-refractivity contribution in [2.45, 2.75) is 6.54 Å². The lowest BCUT2D eigenvalue weighted by Crippen LogP contribution is -2.26. The molecule has 0 saturated carbocycles. The molecule has 0 fully saturated rings. The van der Waals surface area contributed by atoms with Gasteiger partial charge in [-0.15, -0.1) is 0 Å². The van der Waals surface area contributed by atoms with E-state index in [1.165, 1.54) is 0 Å². The highest BCUT2D eigenvalue weighted by molar-refractivity contribution is 9.10. The largest absolute Gasteiger partial charge is 0.337 e. The molecular formula is C22H19BrN2O2. The van der Waals surface area contributed by atoms with Crippen LogP contribution in [0.4, 0.5) is 5.69 Å². The SMILES string of the molecule is CN(Cc1ccccc1)C(=O)c1cccc(NC(=O)c2ccccc2Br)c1. The first-order valence-electron chi connectivity index (χ1n) is 8.50. The van der Waals surface area contributed by atoms with Gasteiger partial charge >= 0.3 is 0 Å². The molecule has 0 spiro atoms. The Balaban J connectivity index is 1.72. The van der Waals surface area contributed by atoms with Gasteiger partial charge in [0.15, 0.2) is 0 Å². The van der Waals surface area contributed by atoms with Gasteiger partial charge in [0.05, 0.1) is 5.56 Å². The molecule has 0 bridgehead atoms. The summed E-state index contributed by atoms with van der Waals surface area (Å²) in [4.78, 5) is 26.8. The molecule has 0 atom stereocenters. The molecule has 1 N–H and O–H groups in total. The van der Waals surface area contributed by atoms with E-state index in [1.54, 1.807) is 48.3 Å². The van der Waals surface area contributed by atoms with Gasteiger partial charge in [0.25, 0.3) is 11.8 Å². The third-order valence-corrected chi connectivity index (χ3v) is 4.79. The van der Waals surface area contributed by atoms with Gasteiger partial charge in [-0.3, -0.25) is 9.59 Å². The smallest absolute Gasteiger partial charge is 0.256 e. The molecule has 3 aromatic carbocycles. The molecule has 27 heavy (non-hydrogen) atoms. The van der Waals surface area contributed by atoms with Crippen molar-refractivity contribution in [3.63, 3.8) is 0 Å². The van der Waals surface area contributed by atoms with E-state index in [-0.39, 0.29) is 11.8 Å². The molecule has 4 nitrogen and oxygen atoms in total. The minimum absolute atomic E-state index is 0.101. The van der Waals surface area contributed by atoms with Gasteiger partial charge < -0.3 is 10.2 Å². The molecule has 0 aliphatic carbocycles. The highest BCUT2D eigenvalue weighted by Gasteiger charge is 2.14. The molecule has 136 valence electrons. The first-order chi connectivity index (χ1) is 13.0. The summed E-state index contributed by atoms with van der Waals surface area (Å²) in [6, 6.07) is 24.0. The van der Waals surface area contributed by atoms with E-state index in [4.69, 9.17) is 0 Å². The lowest BCUT2D eigenvalue weighted by Gasteiger charge is -2.18. The van der Waals surface area contributed by atoms with Gasteiger partial charge in [0.2, 0.25) is 0 Å². The summed E-state index contributed by atoms with van der Waals surface area (Å²) in [5.41, 5.74) is 2.70. The fourth-order valence-electron chi connectivity index (χ4n) is 2.72. The van der Waals surface area contributed by atoms with Crippen LogP contribution in [0, 0.1) is 0 Å². The van der Waals surface area contributed by atoms with Crippen molar-refractivity contribution >= 4 is 33.4 Å². The number of benzene rings is 3. The molecular weight excluding hydrogens is 404 g/mol. The van der Waals surface area contributed by atoms with Crippen LogP contribution < -0.4 is 5.32 Å². The second kappa shape index (κ2) is 8.64. The number of nitrogens with zero attached hydrogens (tertiary/aromatic N) is 1. The van der Waals surface area contributed by atoms with Crippen molar-refractivity contribution in [2.24, 2.45) is 0 Å². The molecule has 0 aromatic heterocycles. The Morgan fingerprint density at radius 1 is 0.926 bits per heavy atom. The molecule has 0 aliphatic rings. The molecule has 0 unspecified atom stereocenters. The lowest BCUT2D eigenvalue weighted by molar-refractivity contribution is 0.0784. The first-order valence-corrected chi connectivity index (χ1v) is 9.29. The van der Waals surface area contributed by atoms with Crippen LogP contribution in [0.2, 0.25) is 0 Å². The zero-order valence-corrected chi connectivity index (χ0v) is 16.4. The summed E-state index contributed by atoms with van der Waals surface area (Å²) in [6.07, 6.45) is 0. The summed E-state index contributed by atoms with van der Waals surface area (Å²) in [6.45, 7) is 0.521. The normalized spacial score (nSPS) is 10.3. The predicted molar refractivity (Wildman–Crippen MR) is 111 cm³/mol. The Hall–Kier alpha value is -2.92. The van der Waals surface area contributed by atoms with Crippen LogP contribution in [0.25, 0.3) is 0 Å². The Kier molecular flexibility index (Phi) is 6.04. The van der Waals surface area contributed by atoms with E-state index in [0.717, 1.165) is 10.0 Å². The standard InChI is InChI=1S/C22H19BrN2O2/c1-25(15-16-8-3-2-4-9-16)22(27)17-10-7-11-18(14-17)24-21(26)19-12-5-6-13-20(19)23/h2-14H,15H2,1H3,(H,24,26). The average molecular weight is 423 g/mol. The number of carbonyl (C=O) groups is 2. The van der Waals surface area contributed by atoms with E-state index in [9.17, 15) is 9.59 Å². The first kappa shape index (κ1) is 18.9. The van der Waals surface area contributed by atoms with Crippen LogP contribution in [0.1, 0.15) is 26.3 Å². The summed E-state index contributed by atoms with van der Waals surface area (Å²) in [7, 11) is 1.77. The van der Waals surface area contributed by atoms with E-state index in [0.29, 0.717) is 23.4 Å². The number of hydrogen-bond acceptors (Lipinski definition) is 2. The molecule has 0 heterocycles. The lowest BCUT2D eigenvalue weighted by atomic mass is 10.1. The van der Waals surface area contributed by atoms with Crippen molar-refractivity contribution in [1.29, 1.82) is 0 Å². The van der Waals surface area contributed by atoms with Crippen molar-refractivity contribution in [3.8, 4) is 0 Å². The zero-order chi connectivity index (χ0) is 19.2. The van der Waals surface area contributed by atoms with Crippen LogP contribution in [0.15, 0.2) is 83.3 Å². The Bertz CT molecular complexity index is 957. The number of hydrogen-bond donors (Lipinski definition) is 1. The average Bonchev–Trinajstić information content (AvgIpc) is 2.68. The van der Waals surface area contributed by atoms with Crippen molar-refractivity contribution in [1.82, 2.24) is 4.90 Å². The molecule has 3 rings (SSSR count). The van der Waals surface area contributed by atoms with Crippen molar-refractivity contribution in [2.75, 3.05) is 12.4 Å². The molecule has 0 radical (unpaired) electrons. The highest BCUT2D eigenvalue weighted by Crippen LogP contribution is 2.19. The second-order valence-corrected chi connectivity index (χ2v) is 7.02. The molecule has 5 heteroatoms. The fourth-order valence-corrected chi connectivity index (χ4v) is 3.19. The van der Waals surface area contributed by atoms with Gasteiger partial charge in [-0.05, 0) is 51.8 Å². The number of halogens is 1. The summed E-state index contributed by atoms with van der Waals surface area (Å²) in [5, 5.41) is 2.84. The van der Waals surface area contributed by atoms with E-state index >= 15 is 0 Å². The van der Waals surface area contributed by atoms with Crippen molar-refractivity contribution < 1.29 is 9.59 Å². The number of amides is 2. The Labute approximate surface area is 167 Å². The summed E-state index contributed by atoms with van der Waals surface area (Å²) >= 11 is 3.38. The van der Waals surface area contributed by atoms with Crippen molar-refractivity contribution in [3.05, 3.63) is 100 Å². The fraction of sp³-hybridized carbons (Fsp3) is 0.0909. The van der Waals surface area contributed by atoms with Gasteiger partial charge in [0.1, 0.15) is 0 Å². The number of carbonyl (C=O) groups excluding carboxylic acids is 2. The topological polar surface area (TPSA) is 49.4 Å².